The Morgan fingerprint density at radius 3 is 2.58 bits per heavy atom. The van der Waals surface area contributed by atoms with Gasteiger partial charge in [-0.3, -0.25) is 14.5 Å². The van der Waals surface area contributed by atoms with Gasteiger partial charge in [-0.2, -0.15) is 0 Å². The summed E-state index contributed by atoms with van der Waals surface area (Å²) in [5, 5.41) is 0.172. The summed E-state index contributed by atoms with van der Waals surface area (Å²) in [6, 6.07) is 6.00. The van der Waals surface area contributed by atoms with Gasteiger partial charge in [0.05, 0.1) is 6.04 Å². The van der Waals surface area contributed by atoms with Gasteiger partial charge < -0.3 is 0 Å². The summed E-state index contributed by atoms with van der Waals surface area (Å²) in [4.78, 5) is 26.2. The lowest BCUT2D eigenvalue weighted by atomic mass is 9.94. The Labute approximate surface area is 146 Å². The van der Waals surface area contributed by atoms with Gasteiger partial charge in [-0.05, 0) is 30.9 Å². The van der Waals surface area contributed by atoms with Crippen LogP contribution in [0, 0.1) is 11.7 Å². The zero-order valence-electron chi connectivity index (χ0n) is 13.8. The maximum absolute atomic E-state index is 14.3. The van der Waals surface area contributed by atoms with E-state index in [1.807, 2.05) is 4.90 Å². The third-order valence-corrected chi connectivity index (χ3v) is 5.85. The third-order valence-electron chi connectivity index (χ3n) is 4.66. The maximum atomic E-state index is 14.3. The van der Waals surface area contributed by atoms with Gasteiger partial charge in [0, 0.05) is 36.7 Å². The van der Waals surface area contributed by atoms with Crippen LogP contribution in [0.2, 0.25) is 0 Å². The van der Waals surface area contributed by atoms with Gasteiger partial charge in [0.2, 0.25) is 0 Å². The number of nitrogens with zero attached hydrogens (tertiary/aromatic N) is 1. The van der Waals surface area contributed by atoms with Crippen molar-refractivity contribution in [2.45, 2.75) is 37.5 Å². The Balaban J connectivity index is 1.82. The van der Waals surface area contributed by atoms with Crippen molar-refractivity contribution in [1.29, 1.82) is 0 Å². The fraction of sp³-hybridized carbons (Fsp3) is 0.474. The molecule has 0 N–H and O–H groups in total. The lowest BCUT2D eigenvalue weighted by molar-refractivity contribution is -0.126. The van der Waals surface area contributed by atoms with E-state index in [2.05, 4.69) is 6.58 Å². The number of ketones is 1. The quantitative estimate of drug-likeness (QED) is 0.760. The van der Waals surface area contributed by atoms with E-state index in [0.717, 1.165) is 24.8 Å². The topological polar surface area (TPSA) is 37.4 Å². The molecule has 5 heteroatoms. The Bertz CT molecular complexity index is 671. The number of benzene rings is 1. The minimum Gasteiger partial charge on any atom is -0.297 e. The van der Waals surface area contributed by atoms with Crippen molar-refractivity contribution in [2.24, 2.45) is 5.92 Å². The summed E-state index contributed by atoms with van der Waals surface area (Å²) in [5.41, 5.74) is 1.39. The van der Waals surface area contributed by atoms with Gasteiger partial charge in [-0.1, -0.05) is 36.5 Å². The van der Waals surface area contributed by atoms with Gasteiger partial charge in [0.25, 0.3) is 0 Å². The molecule has 1 aliphatic carbocycles. The van der Waals surface area contributed by atoms with Gasteiger partial charge in [-0.15, -0.1) is 0 Å². The highest BCUT2D eigenvalue weighted by Gasteiger charge is 2.41. The number of hydrogen-bond acceptors (Lipinski definition) is 4. The molecule has 1 aliphatic heterocycles. The third kappa shape index (κ3) is 3.78. The standard InChI is InChI=1S/C19H22FNO2S/c1-12-11-21(10-9-17(12)24-13(2)22)18(19(23)14-7-8-14)15-5-3-4-6-16(15)20/h3-6,14,17-18H,1,7-11H2,2H3. The van der Waals surface area contributed by atoms with Crippen LogP contribution in [0.25, 0.3) is 0 Å². The molecular formula is C19H22FNO2S. The molecule has 2 fully saturated rings. The predicted molar refractivity (Wildman–Crippen MR) is 94.3 cm³/mol. The van der Waals surface area contributed by atoms with Crippen molar-refractivity contribution < 1.29 is 14.0 Å². The van der Waals surface area contributed by atoms with Crippen LogP contribution >= 0.6 is 11.8 Å². The van der Waals surface area contributed by atoms with Crippen LogP contribution < -0.4 is 0 Å². The molecule has 3 rings (SSSR count). The van der Waals surface area contributed by atoms with E-state index in [1.165, 1.54) is 17.8 Å². The summed E-state index contributed by atoms with van der Waals surface area (Å²) < 4.78 is 14.3. The number of hydrogen-bond donors (Lipinski definition) is 0. The number of rotatable bonds is 5. The van der Waals surface area contributed by atoms with Crippen LogP contribution in [-0.4, -0.2) is 34.1 Å². The van der Waals surface area contributed by atoms with E-state index in [1.54, 1.807) is 25.1 Å². The SMILES string of the molecule is C=C1CN(C(C(=O)C2CC2)c2ccccc2F)CCC1SC(C)=O. The molecule has 1 heterocycles. The number of Topliss-reactive ketones (excluding diaryl/α,β-unsaturated/α-hetero) is 1. The highest BCUT2D eigenvalue weighted by molar-refractivity contribution is 8.14. The lowest BCUT2D eigenvalue weighted by Crippen LogP contribution is -2.43. The van der Waals surface area contributed by atoms with Crippen LogP contribution in [0.15, 0.2) is 36.4 Å². The van der Waals surface area contributed by atoms with E-state index in [4.69, 9.17) is 0 Å². The highest BCUT2D eigenvalue weighted by Crippen LogP contribution is 2.40. The molecule has 0 radical (unpaired) electrons. The second-order valence-electron chi connectivity index (χ2n) is 6.62. The molecule has 2 unspecified atom stereocenters. The fourth-order valence-electron chi connectivity index (χ4n) is 3.31. The smallest absolute Gasteiger partial charge is 0.186 e. The Hall–Kier alpha value is -1.46. The lowest BCUT2D eigenvalue weighted by Gasteiger charge is -2.38. The van der Waals surface area contributed by atoms with Crippen molar-refractivity contribution >= 4 is 22.7 Å². The molecule has 1 saturated carbocycles. The van der Waals surface area contributed by atoms with Crippen molar-refractivity contribution in [3.63, 3.8) is 0 Å². The molecule has 1 saturated heterocycles. The van der Waals surface area contributed by atoms with Crippen molar-refractivity contribution in [1.82, 2.24) is 4.90 Å². The Morgan fingerprint density at radius 1 is 1.29 bits per heavy atom. The van der Waals surface area contributed by atoms with Crippen molar-refractivity contribution in [2.75, 3.05) is 13.1 Å². The average Bonchev–Trinajstić information content (AvgIpc) is 3.36. The van der Waals surface area contributed by atoms with E-state index in [0.29, 0.717) is 18.7 Å². The maximum Gasteiger partial charge on any atom is 0.186 e. The van der Waals surface area contributed by atoms with Crippen LogP contribution in [0.3, 0.4) is 0 Å². The minimum atomic E-state index is -0.543. The first-order valence-electron chi connectivity index (χ1n) is 8.34. The fourth-order valence-corrected chi connectivity index (χ4v) is 4.17. The normalized spacial score (nSPS) is 23.1. The van der Waals surface area contributed by atoms with Crippen molar-refractivity contribution in [3.8, 4) is 0 Å². The molecule has 1 aromatic carbocycles. The molecule has 24 heavy (non-hydrogen) atoms. The Morgan fingerprint density at radius 2 is 2.00 bits per heavy atom. The molecule has 2 aliphatic rings. The molecule has 1 aromatic rings. The van der Waals surface area contributed by atoms with Crippen LogP contribution in [-0.2, 0) is 9.59 Å². The molecule has 0 amide bonds. The van der Waals surface area contributed by atoms with Crippen molar-refractivity contribution in [3.05, 3.63) is 47.8 Å². The largest absolute Gasteiger partial charge is 0.297 e. The molecule has 128 valence electrons. The molecule has 2 atom stereocenters. The summed E-state index contributed by atoms with van der Waals surface area (Å²) in [6.07, 6.45) is 2.56. The number of piperidine rings is 1. The van der Waals surface area contributed by atoms with Gasteiger partial charge in [-0.25, -0.2) is 4.39 Å². The monoisotopic (exact) mass is 347 g/mol. The predicted octanol–water partition coefficient (Wildman–Crippen LogP) is 3.76. The molecule has 0 bridgehead atoms. The van der Waals surface area contributed by atoms with E-state index in [9.17, 15) is 14.0 Å². The number of halogens is 1. The molecule has 3 nitrogen and oxygen atoms in total. The van der Waals surface area contributed by atoms with Gasteiger partial charge in [0.1, 0.15) is 5.82 Å². The number of likely N-dealkylation sites (tertiary alicyclic amines) is 1. The van der Waals surface area contributed by atoms with E-state index < -0.39 is 6.04 Å². The molecular weight excluding hydrogens is 325 g/mol. The number of carbonyl (C=O) groups is 2. The second kappa shape index (κ2) is 7.19. The summed E-state index contributed by atoms with van der Waals surface area (Å²) in [7, 11) is 0. The van der Waals surface area contributed by atoms with Crippen LogP contribution in [0.4, 0.5) is 4.39 Å². The van der Waals surface area contributed by atoms with Crippen LogP contribution in [0.1, 0.15) is 37.8 Å². The Kier molecular flexibility index (Phi) is 5.21. The summed E-state index contributed by atoms with van der Waals surface area (Å²) in [6.45, 7) is 6.85. The van der Waals surface area contributed by atoms with Gasteiger partial charge in [0.15, 0.2) is 10.9 Å². The average molecular weight is 347 g/mol. The first-order valence-corrected chi connectivity index (χ1v) is 9.22. The first-order chi connectivity index (χ1) is 11.5. The number of thioether (sulfide) groups is 1. The molecule has 0 aromatic heterocycles. The number of carbonyl (C=O) groups excluding carboxylic acids is 2. The molecule has 0 spiro atoms. The van der Waals surface area contributed by atoms with Crippen LogP contribution in [0.5, 0.6) is 0 Å². The summed E-state index contributed by atoms with van der Waals surface area (Å²) in [5.74, 6) is -0.153. The van der Waals surface area contributed by atoms with E-state index in [-0.39, 0.29) is 27.9 Å². The zero-order chi connectivity index (χ0) is 17.3. The minimum absolute atomic E-state index is 0.0622. The second-order valence-corrected chi connectivity index (χ2v) is 8.00. The zero-order valence-corrected chi connectivity index (χ0v) is 14.7. The van der Waals surface area contributed by atoms with E-state index >= 15 is 0 Å². The highest BCUT2D eigenvalue weighted by atomic mass is 32.2. The summed E-state index contributed by atoms with van der Waals surface area (Å²) >= 11 is 1.30. The van der Waals surface area contributed by atoms with Gasteiger partial charge >= 0.3 is 0 Å². The first kappa shape index (κ1) is 17.4.